The summed E-state index contributed by atoms with van der Waals surface area (Å²) in [6.07, 6.45) is 5.64. The molecule has 0 amide bonds. The second kappa shape index (κ2) is 11.3. The molecule has 5 aromatic rings. The molecule has 2 atom stereocenters. The summed E-state index contributed by atoms with van der Waals surface area (Å²) in [4.78, 5) is 0. The molecule has 0 saturated heterocycles. The van der Waals surface area contributed by atoms with Crippen molar-refractivity contribution in [3.05, 3.63) is 143 Å². The molecule has 7 rings (SSSR count). The maximum atomic E-state index is 8.56. The van der Waals surface area contributed by atoms with Gasteiger partial charge in [0.15, 0.2) is 0 Å². The van der Waals surface area contributed by atoms with E-state index in [0.717, 1.165) is 12.8 Å². The van der Waals surface area contributed by atoms with Gasteiger partial charge in [-0.05, 0) is 0 Å². The van der Waals surface area contributed by atoms with Crippen LogP contribution in [0.1, 0.15) is 57.4 Å². The third kappa shape index (κ3) is 4.43. The van der Waals surface area contributed by atoms with Crippen molar-refractivity contribution < 1.29 is 11.9 Å². The zero-order chi connectivity index (χ0) is 30.7. The Labute approximate surface area is 270 Å². The Bertz CT molecular complexity index is 2070. The van der Waals surface area contributed by atoms with Crippen LogP contribution in [0.3, 0.4) is 0 Å². The van der Waals surface area contributed by atoms with Crippen molar-refractivity contribution in [3.8, 4) is 22.3 Å². The molecule has 0 aliphatic heterocycles. The van der Waals surface area contributed by atoms with Gasteiger partial charge in [0.25, 0.3) is 0 Å². The first kappa shape index (κ1) is 30.0. The summed E-state index contributed by atoms with van der Waals surface area (Å²) in [5.41, 5.74) is 13.2. The van der Waals surface area contributed by atoms with Gasteiger partial charge < -0.3 is 0 Å². The Morgan fingerprint density at radius 3 is 1.68 bits per heavy atom. The maximum absolute atomic E-state index is 8.56. The van der Waals surface area contributed by atoms with Crippen molar-refractivity contribution in [2.75, 3.05) is 0 Å². The van der Waals surface area contributed by atoms with Crippen LogP contribution >= 0.6 is 18.6 Å². The molecule has 0 heterocycles. The zero-order valence-electron chi connectivity index (χ0n) is 25.9. The van der Waals surface area contributed by atoms with Gasteiger partial charge in [-0.1, -0.05) is 0 Å². The molecule has 0 radical (unpaired) electrons. The fourth-order valence-corrected chi connectivity index (χ4v) is 27.8. The molecule has 0 saturated carbocycles. The molecule has 0 aromatic heterocycles. The number of benzene rings is 5. The Morgan fingerprint density at radius 2 is 1.07 bits per heavy atom. The van der Waals surface area contributed by atoms with Crippen molar-refractivity contribution in [3.63, 3.8) is 0 Å². The van der Waals surface area contributed by atoms with E-state index >= 15 is 0 Å². The fraction of sp³-hybridized carbons (Fsp3) is 0.200. The van der Waals surface area contributed by atoms with E-state index in [9.17, 15) is 0 Å². The summed E-state index contributed by atoms with van der Waals surface area (Å²) in [5, 5.41) is 2.54. The molecule has 5 aromatic carbocycles. The van der Waals surface area contributed by atoms with Crippen LogP contribution in [0.4, 0.5) is 0 Å². The summed E-state index contributed by atoms with van der Waals surface area (Å²) in [7, 11) is 17.1. The van der Waals surface area contributed by atoms with E-state index in [0.29, 0.717) is 0 Å². The van der Waals surface area contributed by atoms with Crippen LogP contribution in [0.2, 0.25) is 13.1 Å². The average molecular weight is 666 g/mol. The van der Waals surface area contributed by atoms with Crippen LogP contribution in [0.5, 0.6) is 0 Å². The quantitative estimate of drug-likeness (QED) is 0.158. The topological polar surface area (TPSA) is 0 Å². The van der Waals surface area contributed by atoms with E-state index in [1.54, 1.807) is 0 Å². The Hall–Kier alpha value is -2.65. The number of hydrogen-bond acceptors (Lipinski definition) is 0. The van der Waals surface area contributed by atoms with Crippen molar-refractivity contribution in [2.45, 2.75) is 48.2 Å². The molecule has 2 aliphatic carbocycles. The minimum atomic E-state index is -4.52. The molecular weight excluding hydrogens is 627 g/mol. The van der Waals surface area contributed by atoms with E-state index in [4.69, 9.17) is 18.6 Å². The second-order valence-electron chi connectivity index (χ2n) is 12.7. The molecular formula is C40H38Cl2SiTi. The summed E-state index contributed by atoms with van der Waals surface area (Å²) in [6, 6.07) is 39.8. The van der Waals surface area contributed by atoms with Gasteiger partial charge in [0.1, 0.15) is 0 Å². The van der Waals surface area contributed by atoms with Gasteiger partial charge in [-0.2, -0.15) is 0 Å². The molecule has 2 unspecified atom stereocenters. The Kier molecular flexibility index (Phi) is 7.71. The number of hydrogen-bond donors (Lipinski definition) is 0. The molecule has 220 valence electrons. The van der Waals surface area contributed by atoms with Crippen LogP contribution in [0.15, 0.2) is 120 Å². The summed E-state index contributed by atoms with van der Waals surface area (Å²) < 4.78 is 0.149. The monoisotopic (exact) mass is 664 g/mol. The van der Waals surface area contributed by atoms with E-state index in [2.05, 4.69) is 148 Å². The van der Waals surface area contributed by atoms with E-state index in [-0.39, 0.29) is 8.45 Å². The molecule has 0 N–H and O–H groups in total. The SMILES string of the molecule is CCC1=Cc2c(-c3ccccc3)cccc2[CH]1[Ti]([Cl])([Cl])([CH]1C(CC)=Cc2c(-c3cccc4ccccc34)cccc21)=[Si](C)C. The molecule has 4 heteroatoms. The second-order valence-corrected chi connectivity index (χ2v) is 39.3. The van der Waals surface area contributed by atoms with Crippen LogP contribution in [0.25, 0.3) is 45.2 Å². The third-order valence-electron chi connectivity index (χ3n) is 10.3. The first-order chi connectivity index (χ1) is 21.3. The van der Waals surface area contributed by atoms with Crippen molar-refractivity contribution in [1.29, 1.82) is 0 Å². The van der Waals surface area contributed by atoms with E-state index < -0.39 is 18.1 Å². The zero-order valence-corrected chi connectivity index (χ0v) is 29.9. The van der Waals surface area contributed by atoms with Gasteiger partial charge in [0.2, 0.25) is 0 Å². The van der Waals surface area contributed by atoms with E-state index in [1.807, 2.05) is 0 Å². The third-order valence-corrected chi connectivity index (χ3v) is 41.9. The molecule has 0 nitrogen and oxygen atoms in total. The van der Waals surface area contributed by atoms with Gasteiger partial charge in [0.05, 0.1) is 0 Å². The molecule has 44 heavy (non-hydrogen) atoms. The first-order valence-corrected chi connectivity index (χ1v) is 26.8. The van der Waals surface area contributed by atoms with Crippen molar-refractivity contribution in [2.24, 2.45) is 0 Å². The van der Waals surface area contributed by atoms with E-state index in [1.165, 1.54) is 66.4 Å². The van der Waals surface area contributed by atoms with Crippen molar-refractivity contribution >= 4 is 47.7 Å². The van der Waals surface area contributed by atoms with Gasteiger partial charge in [-0.25, -0.2) is 0 Å². The van der Waals surface area contributed by atoms with Crippen molar-refractivity contribution in [1.82, 2.24) is 0 Å². The Balaban J connectivity index is 1.48. The predicted molar refractivity (Wildman–Crippen MR) is 192 cm³/mol. The summed E-state index contributed by atoms with van der Waals surface area (Å²) in [5.74, 6) is 0. The van der Waals surface area contributed by atoms with Crippen LogP contribution in [-0.4, -0.2) is 6.19 Å². The molecule has 0 spiro atoms. The minimum absolute atomic E-state index is 0.0698. The average Bonchev–Trinajstić information content (AvgIpc) is 3.65. The van der Waals surface area contributed by atoms with Crippen LogP contribution in [-0.2, 0) is 11.9 Å². The summed E-state index contributed by atoms with van der Waals surface area (Å²) in [6.45, 7) is 9.36. The standard InChI is InChI=1S/C21H17.C17H15.C2H6Si.2ClH.Ti/c1-2-15-13-17-9-6-12-20(21(17)14-15)19-11-5-8-16-7-3-4-10-18(16)19;1-2-13-11-15-9-6-10-16(17(15)12-13)14-7-4-3-5-8-14;1-3-2;;;/h3-14H,2H2,1H3;3-12H,2H2,1H3;1-2H3;2*1H;/q;;;;;+2/p-2. The van der Waals surface area contributed by atoms with Gasteiger partial charge in [0, 0.05) is 0 Å². The normalized spacial score (nSPS) is 17.7. The summed E-state index contributed by atoms with van der Waals surface area (Å²) >= 11 is -4.52. The molecule has 2 aliphatic rings. The number of fused-ring (bicyclic) bond motifs is 3. The van der Waals surface area contributed by atoms with Gasteiger partial charge >= 0.3 is 273 Å². The fourth-order valence-electron chi connectivity index (χ4n) is 8.10. The predicted octanol–water partition coefficient (Wildman–Crippen LogP) is 12.8. The number of halogens is 2. The molecule has 0 fully saturated rings. The Morgan fingerprint density at radius 1 is 0.568 bits per heavy atom. The van der Waals surface area contributed by atoms with Gasteiger partial charge in [-0.15, -0.1) is 0 Å². The van der Waals surface area contributed by atoms with Crippen LogP contribution in [0, 0.1) is 0 Å². The van der Waals surface area contributed by atoms with Crippen LogP contribution < -0.4 is 0 Å². The van der Waals surface area contributed by atoms with Gasteiger partial charge in [-0.3, -0.25) is 0 Å². The number of rotatable bonds is 6. The molecule has 0 bridgehead atoms. The first-order valence-electron chi connectivity index (χ1n) is 15.9. The number of allylic oxidation sites excluding steroid dienone is 2.